The van der Waals surface area contributed by atoms with Crippen molar-refractivity contribution >= 4 is 26.8 Å². The van der Waals surface area contributed by atoms with Gasteiger partial charge in [-0.05, 0) is 38.1 Å². The second-order valence-electron chi connectivity index (χ2n) is 6.26. The minimum Gasteiger partial charge on any atom is -0.463 e. The summed E-state index contributed by atoms with van der Waals surface area (Å²) < 4.78 is 35.3. The lowest BCUT2D eigenvalue weighted by Crippen LogP contribution is -2.42. The van der Waals surface area contributed by atoms with Gasteiger partial charge in [0.05, 0.1) is 17.3 Å². The monoisotopic (exact) mass is 412 g/mol. The highest BCUT2D eigenvalue weighted by Gasteiger charge is 2.25. The van der Waals surface area contributed by atoms with E-state index < -0.39 is 15.9 Å². The predicted molar refractivity (Wildman–Crippen MR) is 103 cm³/mol. The first-order chi connectivity index (χ1) is 13.9. The number of aryl methyl sites for hydroxylation is 2. The maximum Gasteiger partial charge on any atom is 0.267 e. The second kappa shape index (κ2) is 7.15. The molecule has 0 saturated heterocycles. The number of sulfonamides is 1. The van der Waals surface area contributed by atoms with Gasteiger partial charge in [-0.1, -0.05) is 23.4 Å². The molecule has 0 fully saturated rings. The maximum absolute atomic E-state index is 12.8. The van der Waals surface area contributed by atoms with E-state index in [1.165, 1.54) is 20.1 Å². The summed E-state index contributed by atoms with van der Waals surface area (Å²) in [4.78, 5) is 19.3. The van der Waals surface area contributed by atoms with E-state index in [1.807, 2.05) is 0 Å². The van der Waals surface area contributed by atoms with Gasteiger partial charge in [0.2, 0.25) is 0 Å². The molecule has 10 heteroatoms. The fraction of sp³-hybridized carbons (Fsp3) is 0.105. The normalized spacial score (nSPS) is 11.7. The molecular formula is C19H16N4O5S. The van der Waals surface area contributed by atoms with Crippen LogP contribution in [0.2, 0.25) is 0 Å². The van der Waals surface area contributed by atoms with Crippen LogP contribution in [-0.2, 0) is 10.0 Å². The molecule has 0 aliphatic heterocycles. The van der Waals surface area contributed by atoms with E-state index in [2.05, 4.69) is 20.4 Å². The zero-order chi connectivity index (χ0) is 20.6. The van der Waals surface area contributed by atoms with Crippen molar-refractivity contribution in [2.24, 2.45) is 0 Å². The van der Waals surface area contributed by atoms with Gasteiger partial charge in [0, 0.05) is 5.39 Å². The Labute approximate surface area is 165 Å². The molecule has 9 nitrogen and oxygen atoms in total. The van der Waals surface area contributed by atoms with Crippen molar-refractivity contribution < 1.29 is 22.2 Å². The summed E-state index contributed by atoms with van der Waals surface area (Å²) in [5, 5.41) is 4.19. The van der Waals surface area contributed by atoms with Crippen LogP contribution >= 0.6 is 0 Å². The third kappa shape index (κ3) is 3.50. The van der Waals surface area contributed by atoms with Gasteiger partial charge in [0.1, 0.15) is 16.3 Å². The Morgan fingerprint density at radius 3 is 2.59 bits per heavy atom. The van der Waals surface area contributed by atoms with Crippen LogP contribution in [0.15, 0.2) is 62.6 Å². The molecule has 0 radical (unpaired) electrons. The van der Waals surface area contributed by atoms with E-state index in [-0.39, 0.29) is 21.9 Å². The van der Waals surface area contributed by atoms with Crippen LogP contribution in [0.4, 0.5) is 0 Å². The molecule has 0 saturated carbocycles. The second-order valence-corrected chi connectivity index (χ2v) is 7.88. The van der Waals surface area contributed by atoms with E-state index in [1.54, 1.807) is 42.5 Å². The van der Waals surface area contributed by atoms with Gasteiger partial charge >= 0.3 is 0 Å². The van der Waals surface area contributed by atoms with Gasteiger partial charge in [0.25, 0.3) is 15.9 Å². The van der Waals surface area contributed by atoms with Crippen LogP contribution in [0.5, 0.6) is 0 Å². The quantitative estimate of drug-likeness (QED) is 0.482. The van der Waals surface area contributed by atoms with Crippen molar-refractivity contribution in [2.45, 2.75) is 18.7 Å². The highest BCUT2D eigenvalue weighted by Crippen LogP contribution is 2.25. The number of benzene rings is 1. The minimum atomic E-state index is -4.06. The fourth-order valence-corrected chi connectivity index (χ4v) is 4.17. The first kappa shape index (κ1) is 18.8. The zero-order valence-electron chi connectivity index (χ0n) is 15.5. The Kier molecular flexibility index (Phi) is 4.65. The first-order valence-corrected chi connectivity index (χ1v) is 10.0. The molecule has 0 aliphatic carbocycles. The van der Waals surface area contributed by atoms with Gasteiger partial charge in [-0.25, -0.2) is 13.4 Å². The number of aromatic nitrogens is 2. The summed E-state index contributed by atoms with van der Waals surface area (Å²) >= 11 is 0. The van der Waals surface area contributed by atoms with Crippen molar-refractivity contribution in [3.8, 4) is 11.5 Å². The molecule has 148 valence electrons. The van der Waals surface area contributed by atoms with Crippen LogP contribution in [-0.4, -0.2) is 24.5 Å². The zero-order valence-corrected chi connectivity index (χ0v) is 16.3. The number of furan rings is 1. The van der Waals surface area contributed by atoms with E-state index >= 15 is 0 Å². The summed E-state index contributed by atoms with van der Waals surface area (Å²) in [6, 6.07) is 12.0. The van der Waals surface area contributed by atoms with Crippen LogP contribution < -0.4 is 10.3 Å². The molecule has 4 rings (SSSR count). The van der Waals surface area contributed by atoms with Crippen molar-refractivity contribution in [3.05, 3.63) is 65.7 Å². The third-order valence-electron chi connectivity index (χ3n) is 4.27. The van der Waals surface area contributed by atoms with Gasteiger partial charge in [0.15, 0.2) is 11.5 Å². The molecule has 0 spiro atoms. The molecule has 0 aliphatic rings. The van der Waals surface area contributed by atoms with E-state index in [0.717, 1.165) is 0 Å². The van der Waals surface area contributed by atoms with Gasteiger partial charge in [-0.2, -0.15) is 0 Å². The number of nitrogens with zero attached hydrogens (tertiary/aromatic N) is 2. The van der Waals surface area contributed by atoms with Gasteiger partial charge in [-0.3, -0.25) is 10.2 Å². The Balaban J connectivity index is 1.68. The number of hydrogen-bond donors (Lipinski definition) is 2. The number of amides is 1. The molecule has 0 atom stereocenters. The minimum absolute atomic E-state index is 0.117. The average Bonchev–Trinajstić information content (AvgIpc) is 3.35. The predicted octanol–water partition coefficient (Wildman–Crippen LogP) is 2.72. The molecule has 1 amide bonds. The van der Waals surface area contributed by atoms with Crippen molar-refractivity contribution in [2.75, 3.05) is 0 Å². The van der Waals surface area contributed by atoms with E-state index in [9.17, 15) is 13.2 Å². The van der Waals surface area contributed by atoms with Crippen LogP contribution in [0, 0.1) is 13.8 Å². The number of fused-ring (bicyclic) bond motifs is 1. The number of pyridine rings is 1. The number of carbonyl (C=O) groups excluding carboxylic acids is 1. The number of hydrogen-bond acceptors (Lipinski definition) is 7. The number of carbonyl (C=O) groups is 1. The molecule has 0 bridgehead atoms. The molecule has 0 unspecified atom stereocenters. The van der Waals surface area contributed by atoms with E-state index in [4.69, 9.17) is 8.94 Å². The van der Waals surface area contributed by atoms with Crippen molar-refractivity contribution in [1.29, 1.82) is 0 Å². The standard InChI is InChI=1S/C19H16N4O5S/c1-11-18(12(2)28-22-11)29(25,26)23-21-19(24)14-10-16(17-8-5-9-27-17)20-15-7-4-3-6-13(14)15/h3-10,23H,1-2H3,(H,21,24). The number of rotatable bonds is 5. The van der Waals surface area contributed by atoms with Crippen molar-refractivity contribution in [1.82, 2.24) is 20.4 Å². The Hall–Kier alpha value is -3.50. The van der Waals surface area contributed by atoms with E-state index in [0.29, 0.717) is 22.4 Å². The Morgan fingerprint density at radius 2 is 1.90 bits per heavy atom. The summed E-state index contributed by atoms with van der Waals surface area (Å²) in [6.07, 6.45) is 1.50. The molecule has 3 aromatic heterocycles. The Morgan fingerprint density at radius 1 is 1.10 bits per heavy atom. The summed E-state index contributed by atoms with van der Waals surface area (Å²) in [5.74, 6) is -0.0356. The largest absolute Gasteiger partial charge is 0.463 e. The lowest BCUT2D eigenvalue weighted by Gasteiger charge is -2.11. The molecule has 4 aromatic rings. The smallest absolute Gasteiger partial charge is 0.267 e. The average molecular weight is 412 g/mol. The maximum atomic E-state index is 12.8. The van der Waals surface area contributed by atoms with Crippen LogP contribution in [0.25, 0.3) is 22.4 Å². The molecular weight excluding hydrogens is 396 g/mol. The Bertz CT molecular complexity index is 1290. The molecule has 2 N–H and O–H groups in total. The summed E-state index contributed by atoms with van der Waals surface area (Å²) in [6.45, 7) is 2.97. The lowest BCUT2D eigenvalue weighted by atomic mass is 10.1. The fourth-order valence-electron chi connectivity index (χ4n) is 3.00. The van der Waals surface area contributed by atoms with Crippen LogP contribution in [0.1, 0.15) is 21.8 Å². The van der Waals surface area contributed by atoms with Gasteiger partial charge in [-0.15, -0.1) is 4.83 Å². The number of hydrazine groups is 1. The topological polar surface area (TPSA) is 127 Å². The first-order valence-electron chi connectivity index (χ1n) is 8.55. The molecule has 29 heavy (non-hydrogen) atoms. The third-order valence-corrected chi connectivity index (χ3v) is 5.76. The van der Waals surface area contributed by atoms with Crippen LogP contribution in [0.3, 0.4) is 0 Å². The SMILES string of the molecule is Cc1noc(C)c1S(=O)(=O)NNC(=O)c1cc(-c2ccco2)nc2ccccc12. The highest BCUT2D eigenvalue weighted by molar-refractivity contribution is 7.89. The number of nitrogens with one attached hydrogen (secondary N) is 2. The summed E-state index contributed by atoms with van der Waals surface area (Å²) in [5.41, 5.74) is 3.70. The lowest BCUT2D eigenvalue weighted by molar-refractivity contribution is 0.0946. The summed E-state index contributed by atoms with van der Waals surface area (Å²) in [7, 11) is -4.06. The number of para-hydroxylation sites is 1. The highest BCUT2D eigenvalue weighted by atomic mass is 32.2. The molecule has 3 heterocycles. The van der Waals surface area contributed by atoms with Crippen molar-refractivity contribution in [3.63, 3.8) is 0 Å². The molecule has 1 aromatic carbocycles. The van der Waals surface area contributed by atoms with Gasteiger partial charge < -0.3 is 8.94 Å².